The van der Waals surface area contributed by atoms with Crippen molar-refractivity contribution in [2.45, 2.75) is 67.8 Å². The number of amides is 1. The number of nitrogens with two attached hydrogens (primary N) is 1. The molecule has 5 unspecified atom stereocenters. The Morgan fingerprint density at radius 2 is 2.05 bits per heavy atom. The monoisotopic (exact) mass is 672 g/mol. The molecule has 42 heavy (non-hydrogen) atoms. The van der Waals surface area contributed by atoms with E-state index in [0.29, 0.717) is 5.82 Å². The summed E-state index contributed by atoms with van der Waals surface area (Å²) in [5.41, 5.74) is 5.84. The van der Waals surface area contributed by atoms with Crippen LogP contribution in [0.15, 0.2) is 23.6 Å². The van der Waals surface area contributed by atoms with Gasteiger partial charge in [0.1, 0.15) is 49.1 Å². The second-order valence-corrected chi connectivity index (χ2v) is 15.9. The van der Waals surface area contributed by atoms with Gasteiger partial charge in [-0.2, -0.15) is 0 Å². The summed E-state index contributed by atoms with van der Waals surface area (Å²) in [4.78, 5) is 36.6. The van der Waals surface area contributed by atoms with Crippen molar-refractivity contribution in [1.82, 2.24) is 25.5 Å². The van der Waals surface area contributed by atoms with Gasteiger partial charge in [0.05, 0.1) is 25.6 Å². The van der Waals surface area contributed by atoms with Gasteiger partial charge >= 0.3 is 13.5 Å². The number of alkyl halides is 2. The quantitative estimate of drug-likeness (QED) is 0.181. The average molecular weight is 673 g/mol. The van der Waals surface area contributed by atoms with Crippen molar-refractivity contribution in [3.05, 3.63) is 18.6 Å². The molecule has 1 aliphatic carbocycles. The number of anilines is 1. The van der Waals surface area contributed by atoms with Gasteiger partial charge in [0.2, 0.25) is 0 Å². The highest BCUT2D eigenvalue weighted by Crippen LogP contribution is 2.58. The number of carbonyl (C=O) groups excluding carboxylic acids is 1. The summed E-state index contributed by atoms with van der Waals surface area (Å²) in [5.74, 6) is -0.918. The molecule has 0 aromatic carbocycles. The first-order valence-electron chi connectivity index (χ1n) is 12.8. The third-order valence-corrected chi connectivity index (χ3v) is 10.6. The van der Waals surface area contributed by atoms with Gasteiger partial charge in [-0.25, -0.2) is 23.3 Å². The van der Waals surface area contributed by atoms with E-state index in [9.17, 15) is 14.3 Å². The molecule has 1 saturated carbocycles. The van der Waals surface area contributed by atoms with E-state index in [1.54, 1.807) is 6.07 Å². The topological polar surface area (TPSA) is 204 Å². The molecule has 5 aliphatic rings. The van der Waals surface area contributed by atoms with Crippen LogP contribution in [0.1, 0.15) is 6.42 Å². The van der Waals surface area contributed by atoms with Crippen LogP contribution in [0.3, 0.4) is 0 Å². The highest BCUT2D eigenvalue weighted by molar-refractivity contribution is 8.44. The van der Waals surface area contributed by atoms with Gasteiger partial charge in [-0.1, -0.05) is 12.2 Å². The van der Waals surface area contributed by atoms with Gasteiger partial charge in [0.15, 0.2) is 18.4 Å². The minimum absolute atomic E-state index is 0.0871. The van der Waals surface area contributed by atoms with Crippen molar-refractivity contribution < 1.29 is 45.9 Å². The molecule has 232 valence electrons. The van der Waals surface area contributed by atoms with Gasteiger partial charge in [-0.15, -0.1) is 0 Å². The van der Waals surface area contributed by atoms with Gasteiger partial charge in [0.25, 0.3) is 5.91 Å². The molecule has 2 bridgehead atoms. The number of rotatable bonds is 3. The molecule has 22 heteroatoms. The first-order chi connectivity index (χ1) is 19.9. The Bertz CT molecular complexity index is 1310. The number of halogens is 2. The summed E-state index contributed by atoms with van der Waals surface area (Å²) in [7, 11) is 0. The van der Waals surface area contributed by atoms with E-state index in [1.807, 2.05) is 0 Å². The molecule has 6 N–H and O–H groups in total. The largest absolute Gasteiger partial charge is 0.386 e. The van der Waals surface area contributed by atoms with Crippen molar-refractivity contribution in [3.8, 4) is 0 Å². The van der Waals surface area contributed by atoms with E-state index in [0.717, 1.165) is 0 Å². The molecule has 4 fully saturated rings. The van der Waals surface area contributed by atoms with Crippen LogP contribution in [-0.2, 0) is 44.0 Å². The van der Waals surface area contributed by atoms with E-state index in [1.165, 1.54) is 23.8 Å². The van der Waals surface area contributed by atoms with Gasteiger partial charge in [0, 0.05) is 12.1 Å². The summed E-state index contributed by atoms with van der Waals surface area (Å²) in [5, 5.41) is 8.35. The zero-order chi connectivity index (χ0) is 29.8. The second-order valence-electron chi connectivity index (χ2n) is 10.2. The fraction of sp³-hybridized carbons (Fsp3) is 0.700. The first kappa shape index (κ1) is 30.6. The lowest BCUT2D eigenvalue weighted by molar-refractivity contribution is -0.130. The van der Waals surface area contributed by atoms with Gasteiger partial charge < -0.3 is 38.7 Å². The number of ether oxygens (including phenoxy) is 1. The highest BCUT2D eigenvalue weighted by atomic mass is 32.7. The maximum absolute atomic E-state index is 15.8. The van der Waals surface area contributed by atoms with Crippen molar-refractivity contribution in [3.63, 3.8) is 0 Å². The number of nitrogens with one attached hydrogen (secondary N) is 3. The van der Waals surface area contributed by atoms with Crippen LogP contribution in [0.4, 0.5) is 14.6 Å². The number of hydrogen-bond donors (Lipinski definition) is 6. The molecule has 1 aromatic rings. The SMILES string of the molecule is NC1NC(=O)C2N=CN([C@@H]3O[C@@H]4COP(O)(=S)O[C@@H]5[C@@H](COP(=O)(S)O[C@@H]3[C@@H]4F)C[C@@H](Nc3ccncn3)[C@@H]5F)C2N1. The van der Waals surface area contributed by atoms with Crippen LogP contribution in [0, 0.1) is 5.92 Å². The maximum atomic E-state index is 15.8. The molecule has 0 radical (unpaired) electrons. The molecule has 3 saturated heterocycles. The minimum Gasteiger partial charge on any atom is -0.364 e. The Kier molecular flexibility index (Phi) is 8.62. The number of nitrogens with zero attached hydrogens (tertiary/aromatic N) is 4. The van der Waals surface area contributed by atoms with Crippen LogP contribution >= 0.6 is 25.8 Å². The normalized spacial score (nSPS) is 47.5. The Morgan fingerprint density at radius 1 is 1.24 bits per heavy atom. The molecule has 1 aromatic heterocycles. The summed E-state index contributed by atoms with van der Waals surface area (Å²) in [6.07, 6.45) is -7.03. The number of thiol groups is 1. The average Bonchev–Trinajstić information content (AvgIpc) is 3.57. The third-order valence-electron chi connectivity index (χ3n) is 7.45. The molecule has 5 heterocycles. The lowest BCUT2D eigenvalue weighted by Gasteiger charge is -2.39. The van der Waals surface area contributed by atoms with E-state index in [4.69, 9.17) is 40.4 Å². The smallest absolute Gasteiger partial charge is 0.364 e. The number of fused-ring (bicyclic) bond motifs is 4. The Balaban J connectivity index is 1.24. The molecule has 6 rings (SSSR count). The van der Waals surface area contributed by atoms with Crippen LogP contribution < -0.4 is 21.7 Å². The van der Waals surface area contributed by atoms with E-state index in [2.05, 4.69) is 43.2 Å². The number of carbonyl (C=O) groups is 1. The molecular formula is C20H28F2N8O8P2S2. The summed E-state index contributed by atoms with van der Waals surface area (Å²) < 4.78 is 72.8. The predicted octanol–water partition coefficient (Wildman–Crippen LogP) is -0.250. The maximum Gasteiger partial charge on any atom is 0.386 e. The number of aliphatic imine (C=N–C) groups is 1. The molecular weight excluding hydrogens is 644 g/mol. The molecule has 0 spiro atoms. The van der Waals surface area contributed by atoms with E-state index < -0.39 is 100.0 Å². The standard InChI is InChI=1S/C20H28F2N8O8P2S2/c21-12-9(27-11-1-2-24-6-25-11)3-8-4-34-39(32,41)38-16-13(22)10(5-35-40(33,42)37-15(8)12)36-19(16)30-7-26-14-17(30)28-20(23)29-18(14)31/h1-2,6-10,12-17,19-20,28H,3-5,23H2,(H,29,31)(H,32,41)(H,33,42)(H,24,25,27)/t8-,9-,10-,12+,13-,14?,15-,16-,17?,19-,20?,39?,40?/m1/s1. The third kappa shape index (κ3) is 6.23. The molecule has 4 aliphatic heterocycles. The van der Waals surface area contributed by atoms with Crippen LogP contribution in [0.25, 0.3) is 0 Å². The summed E-state index contributed by atoms with van der Waals surface area (Å²) in [6, 6.07) is -0.237. The van der Waals surface area contributed by atoms with Crippen LogP contribution in [0.5, 0.6) is 0 Å². The number of aromatic nitrogens is 2. The molecule has 16 nitrogen and oxygen atoms in total. The van der Waals surface area contributed by atoms with Crippen LogP contribution in [0.2, 0.25) is 0 Å². The summed E-state index contributed by atoms with van der Waals surface area (Å²) in [6.45, 7) is -9.51. The van der Waals surface area contributed by atoms with Crippen molar-refractivity contribution in [2.24, 2.45) is 16.6 Å². The predicted molar refractivity (Wildman–Crippen MR) is 148 cm³/mol. The van der Waals surface area contributed by atoms with Gasteiger partial charge in [-0.3, -0.25) is 25.4 Å². The Hall–Kier alpha value is -1.41. The lowest BCUT2D eigenvalue weighted by Crippen LogP contribution is -2.70. The summed E-state index contributed by atoms with van der Waals surface area (Å²) >= 11 is 9.18. The number of hydrogen-bond acceptors (Lipinski definition) is 15. The van der Waals surface area contributed by atoms with E-state index in [-0.39, 0.29) is 6.42 Å². The fourth-order valence-electron chi connectivity index (χ4n) is 5.54. The van der Waals surface area contributed by atoms with Crippen molar-refractivity contribution in [1.29, 1.82) is 0 Å². The van der Waals surface area contributed by atoms with Crippen LogP contribution in [-0.4, -0.2) is 107 Å². The zero-order valence-electron chi connectivity index (χ0n) is 21.5. The second kappa shape index (κ2) is 11.8. The highest BCUT2D eigenvalue weighted by Gasteiger charge is 2.56. The zero-order valence-corrected chi connectivity index (χ0v) is 25.0. The minimum atomic E-state index is -4.32. The Labute approximate surface area is 248 Å². The molecule has 1 amide bonds. The molecule has 13 atom stereocenters. The van der Waals surface area contributed by atoms with Crippen molar-refractivity contribution >= 4 is 55.6 Å². The fourth-order valence-corrected chi connectivity index (χ4v) is 8.51. The van der Waals surface area contributed by atoms with Crippen molar-refractivity contribution in [2.75, 3.05) is 18.5 Å². The van der Waals surface area contributed by atoms with Gasteiger partial charge in [-0.05, 0) is 24.3 Å². The Morgan fingerprint density at radius 3 is 2.81 bits per heavy atom. The first-order valence-corrected chi connectivity index (χ1v) is 18.1. The van der Waals surface area contributed by atoms with E-state index >= 15 is 8.78 Å². The lowest BCUT2D eigenvalue weighted by atomic mass is 10.1.